The predicted octanol–water partition coefficient (Wildman–Crippen LogP) is 1.01. The summed E-state index contributed by atoms with van der Waals surface area (Å²) in [5, 5.41) is 8.44. The highest BCUT2D eigenvalue weighted by molar-refractivity contribution is 5.65. The molecule has 0 aromatic carbocycles. The van der Waals surface area contributed by atoms with E-state index < -0.39 is 6.09 Å². The largest absolute Gasteiger partial charge is 0.465 e. The minimum Gasteiger partial charge on any atom is -0.465 e. The molecule has 0 heterocycles. The first-order valence-corrected chi connectivity index (χ1v) is 3.05. The van der Waals surface area contributed by atoms with Crippen LogP contribution in [0.15, 0.2) is 0 Å². The van der Waals surface area contributed by atoms with Gasteiger partial charge in [0, 0.05) is 7.05 Å². The molecule has 0 saturated carbocycles. The van der Waals surface area contributed by atoms with E-state index in [9.17, 15) is 4.79 Å². The first-order valence-electron chi connectivity index (χ1n) is 3.05. The summed E-state index contributed by atoms with van der Waals surface area (Å²) in [7, 11) is 1.47. The van der Waals surface area contributed by atoms with Gasteiger partial charge in [0.2, 0.25) is 0 Å². The molecule has 10 heavy (non-hydrogen) atoms. The normalized spacial score (nSPS) is 11.7. The number of carbonyl (C=O) groups is 1. The van der Waals surface area contributed by atoms with Crippen molar-refractivity contribution in [3.8, 4) is 12.3 Å². The van der Waals surface area contributed by atoms with Crippen molar-refractivity contribution in [1.82, 2.24) is 4.90 Å². The average Bonchev–Trinajstić information content (AvgIpc) is 1.90. The van der Waals surface area contributed by atoms with Gasteiger partial charge in [-0.25, -0.2) is 4.79 Å². The second-order valence-electron chi connectivity index (χ2n) is 1.98. The average molecular weight is 141 g/mol. The lowest BCUT2D eigenvalue weighted by atomic mass is 10.2. The Morgan fingerprint density at radius 2 is 2.40 bits per heavy atom. The number of rotatable bonds is 2. The van der Waals surface area contributed by atoms with E-state index >= 15 is 0 Å². The first kappa shape index (κ1) is 8.83. The van der Waals surface area contributed by atoms with Crippen LogP contribution in [0.3, 0.4) is 0 Å². The maximum atomic E-state index is 10.3. The highest BCUT2D eigenvalue weighted by Gasteiger charge is 2.13. The Bertz CT molecular complexity index is 159. The Labute approximate surface area is 60.6 Å². The fourth-order valence-electron chi connectivity index (χ4n) is 0.637. The van der Waals surface area contributed by atoms with E-state index in [0.717, 1.165) is 4.90 Å². The van der Waals surface area contributed by atoms with Crippen molar-refractivity contribution in [2.24, 2.45) is 0 Å². The molecule has 1 N–H and O–H groups in total. The van der Waals surface area contributed by atoms with E-state index in [1.54, 1.807) is 0 Å². The molecule has 56 valence electrons. The second-order valence-corrected chi connectivity index (χ2v) is 1.98. The third kappa shape index (κ3) is 1.98. The molecule has 3 nitrogen and oxygen atoms in total. The third-order valence-corrected chi connectivity index (χ3v) is 1.35. The molecular formula is C7H11NO2. The molecule has 1 atom stereocenters. The van der Waals surface area contributed by atoms with Gasteiger partial charge in [-0.3, -0.25) is 4.90 Å². The summed E-state index contributed by atoms with van der Waals surface area (Å²) in [4.78, 5) is 11.4. The monoisotopic (exact) mass is 141 g/mol. The molecule has 0 radical (unpaired) electrons. The summed E-state index contributed by atoms with van der Waals surface area (Å²) in [6.45, 7) is 1.85. The second kappa shape index (κ2) is 3.78. The summed E-state index contributed by atoms with van der Waals surface area (Å²) in [5.41, 5.74) is 0. The van der Waals surface area contributed by atoms with E-state index in [1.807, 2.05) is 6.92 Å². The van der Waals surface area contributed by atoms with Crippen molar-refractivity contribution in [1.29, 1.82) is 0 Å². The zero-order valence-electron chi connectivity index (χ0n) is 6.16. The summed E-state index contributed by atoms with van der Waals surface area (Å²) in [6.07, 6.45) is 4.74. The number of amides is 1. The molecule has 0 aliphatic carbocycles. The van der Waals surface area contributed by atoms with Gasteiger partial charge in [-0.2, -0.15) is 0 Å². The molecule has 1 unspecified atom stereocenters. The Balaban J connectivity index is 4.05. The van der Waals surface area contributed by atoms with Crippen molar-refractivity contribution in [2.75, 3.05) is 7.05 Å². The zero-order valence-corrected chi connectivity index (χ0v) is 6.16. The molecule has 0 saturated heterocycles. The predicted molar refractivity (Wildman–Crippen MR) is 38.7 cm³/mol. The van der Waals surface area contributed by atoms with Crippen LogP contribution in [0.4, 0.5) is 4.79 Å². The lowest BCUT2D eigenvalue weighted by Gasteiger charge is -2.18. The molecule has 0 aromatic rings. The number of hydrogen-bond donors (Lipinski definition) is 1. The van der Waals surface area contributed by atoms with Crippen molar-refractivity contribution in [3.63, 3.8) is 0 Å². The van der Waals surface area contributed by atoms with Crippen molar-refractivity contribution in [2.45, 2.75) is 19.4 Å². The van der Waals surface area contributed by atoms with Gasteiger partial charge in [0.05, 0.1) is 6.04 Å². The number of carboxylic acid groups (broad SMARTS) is 1. The van der Waals surface area contributed by atoms with E-state index in [-0.39, 0.29) is 6.04 Å². The summed E-state index contributed by atoms with van der Waals surface area (Å²) in [5.74, 6) is 2.38. The van der Waals surface area contributed by atoms with Crippen LogP contribution in [0.25, 0.3) is 0 Å². The Hall–Kier alpha value is -1.17. The van der Waals surface area contributed by atoms with Crippen LogP contribution < -0.4 is 0 Å². The molecule has 0 aliphatic rings. The van der Waals surface area contributed by atoms with Crippen molar-refractivity contribution >= 4 is 6.09 Å². The minimum atomic E-state index is -0.982. The minimum absolute atomic E-state index is 0.294. The Kier molecular flexibility index (Phi) is 3.34. The van der Waals surface area contributed by atoms with Crippen LogP contribution >= 0.6 is 0 Å². The lowest BCUT2D eigenvalue weighted by molar-refractivity contribution is 0.147. The van der Waals surface area contributed by atoms with E-state index in [2.05, 4.69) is 5.92 Å². The Morgan fingerprint density at radius 3 is 2.50 bits per heavy atom. The molecule has 0 bridgehead atoms. The van der Waals surface area contributed by atoms with Gasteiger partial charge in [-0.15, -0.1) is 6.42 Å². The van der Waals surface area contributed by atoms with Crippen molar-refractivity contribution < 1.29 is 9.90 Å². The molecule has 0 spiro atoms. The summed E-state index contributed by atoms with van der Waals surface area (Å²) >= 11 is 0. The van der Waals surface area contributed by atoms with Gasteiger partial charge >= 0.3 is 6.09 Å². The highest BCUT2D eigenvalue weighted by atomic mass is 16.4. The lowest BCUT2D eigenvalue weighted by Crippen LogP contribution is -2.34. The SMILES string of the molecule is C#CC(CC)N(C)C(=O)O. The summed E-state index contributed by atoms with van der Waals surface area (Å²) in [6, 6.07) is -0.294. The fourth-order valence-corrected chi connectivity index (χ4v) is 0.637. The topological polar surface area (TPSA) is 40.5 Å². The molecule has 0 rings (SSSR count). The van der Waals surface area contributed by atoms with Crippen LogP contribution in [0.1, 0.15) is 13.3 Å². The molecule has 0 aromatic heterocycles. The fraction of sp³-hybridized carbons (Fsp3) is 0.571. The van der Waals surface area contributed by atoms with Crippen LogP contribution in [-0.4, -0.2) is 29.2 Å². The maximum absolute atomic E-state index is 10.3. The van der Waals surface area contributed by atoms with Crippen LogP contribution in [0, 0.1) is 12.3 Å². The standard InChI is InChI=1S/C7H11NO2/c1-4-6(5-2)8(3)7(9)10/h1,6H,5H2,2-3H3,(H,9,10). The van der Waals surface area contributed by atoms with Crippen molar-refractivity contribution in [3.05, 3.63) is 0 Å². The molecule has 0 fully saturated rings. The smallest absolute Gasteiger partial charge is 0.408 e. The van der Waals surface area contributed by atoms with Crippen LogP contribution in [-0.2, 0) is 0 Å². The van der Waals surface area contributed by atoms with Gasteiger partial charge < -0.3 is 5.11 Å². The Morgan fingerprint density at radius 1 is 1.90 bits per heavy atom. The third-order valence-electron chi connectivity index (χ3n) is 1.35. The van der Waals surface area contributed by atoms with E-state index in [4.69, 9.17) is 11.5 Å². The zero-order chi connectivity index (χ0) is 8.15. The van der Waals surface area contributed by atoms with E-state index in [1.165, 1.54) is 7.05 Å². The quantitative estimate of drug-likeness (QED) is 0.583. The van der Waals surface area contributed by atoms with Crippen LogP contribution in [0.5, 0.6) is 0 Å². The molecule has 0 aliphatic heterocycles. The molecular weight excluding hydrogens is 130 g/mol. The maximum Gasteiger partial charge on any atom is 0.408 e. The van der Waals surface area contributed by atoms with Gasteiger partial charge in [0.15, 0.2) is 0 Å². The highest BCUT2D eigenvalue weighted by Crippen LogP contribution is 1.98. The van der Waals surface area contributed by atoms with Gasteiger partial charge in [-0.1, -0.05) is 12.8 Å². The molecule has 3 heteroatoms. The first-order chi connectivity index (χ1) is 4.63. The molecule has 1 amide bonds. The summed E-state index contributed by atoms with van der Waals surface area (Å²) < 4.78 is 0. The van der Waals surface area contributed by atoms with Gasteiger partial charge in [-0.05, 0) is 6.42 Å². The number of terminal acetylenes is 1. The van der Waals surface area contributed by atoms with Crippen LogP contribution in [0.2, 0.25) is 0 Å². The number of hydrogen-bond acceptors (Lipinski definition) is 1. The van der Waals surface area contributed by atoms with E-state index in [0.29, 0.717) is 6.42 Å². The van der Waals surface area contributed by atoms with Gasteiger partial charge in [0.1, 0.15) is 0 Å². The number of nitrogens with zero attached hydrogens (tertiary/aromatic N) is 1. The van der Waals surface area contributed by atoms with Gasteiger partial charge in [0.25, 0.3) is 0 Å².